The van der Waals surface area contributed by atoms with Gasteiger partial charge in [0.15, 0.2) is 6.61 Å². The molecule has 2 aromatic rings. The maximum Gasteiger partial charge on any atom is 0.204 e. The molecule has 0 unspecified atom stereocenters. The second kappa shape index (κ2) is 8.11. The third-order valence-corrected chi connectivity index (χ3v) is 4.60. The maximum atomic E-state index is 12.3. The number of oxime groups is 1. The zero-order valence-electron chi connectivity index (χ0n) is 14.2. The lowest BCUT2D eigenvalue weighted by molar-refractivity contribution is 0.0778. The molecular weight excluding hydrogens is 308 g/mol. The van der Waals surface area contributed by atoms with Gasteiger partial charge in [-0.3, -0.25) is 4.79 Å². The third kappa shape index (κ3) is 4.79. The van der Waals surface area contributed by atoms with Crippen molar-refractivity contribution in [1.82, 2.24) is 4.57 Å². The highest BCUT2D eigenvalue weighted by atomic mass is 32.1. The lowest BCUT2D eigenvalue weighted by Gasteiger charge is -2.11. The minimum absolute atomic E-state index is 0.0303. The van der Waals surface area contributed by atoms with Crippen molar-refractivity contribution in [2.24, 2.45) is 11.1 Å². The van der Waals surface area contributed by atoms with Crippen LogP contribution >= 0.6 is 11.3 Å². The number of Topliss-reactive ketones (excluding diaryl/α,β-unsaturated/α-hetero) is 1. The number of rotatable bonds is 8. The van der Waals surface area contributed by atoms with Crippen LogP contribution in [0.1, 0.15) is 46.9 Å². The first-order valence-corrected chi connectivity index (χ1v) is 8.75. The van der Waals surface area contributed by atoms with Gasteiger partial charge in [-0.05, 0) is 43.7 Å². The van der Waals surface area contributed by atoms with Crippen molar-refractivity contribution >= 4 is 23.3 Å². The highest BCUT2D eigenvalue weighted by Crippen LogP contribution is 2.17. The van der Waals surface area contributed by atoms with Crippen molar-refractivity contribution in [2.75, 3.05) is 6.61 Å². The van der Waals surface area contributed by atoms with Crippen LogP contribution < -0.4 is 0 Å². The number of nitrogens with zero attached hydrogens (tertiary/aromatic N) is 2. The molecule has 0 radical (unpaired) electrons. The van der Waals surface area contributed by atoms with E-state index in [-0.39, 0.29) is 12.4 Å². The number of aryl methyl sites for hydroxylation is 1. The van der Waals surface area contributed by atoms with Gasteiger partial charge in [0.25, 0.3) is 0 Å². The Bertz CT molecular complexity index is 670. The highest BCUT2D eigenvalue weighted by molar-refractivity contribution is 7.11. The number of thiophene rings is 1. The predicted molar refractivity (Wildman–Crippen MR) is 95.6 cm³/mol. The predicted octanol–water partition coefficient (Wildman–Crippen LogP) is 4.45. The van der Waals surface area contributed by atoms with Gasteiger partial charge in [0, 0.05) is 28.4 Å². The second-order valence-electron chi connectivity index (χ2n) is 6.07. The van der Waals surface area contributed by atoms with E-state index in [0.29, 0.717) is 5.92 Å². The largest absolute Gasteiger partial charge is 0.387 e. The molecule has 0 N–H and O–H groups in total. The van der Waals surface area contributed by atoms with Crippen LogP contribution in [0.15, 0.2) is 28.7 Å². The zero-order valence-corrected chi connectivity index (χ0v) is 15.0. The molecule has 4 nitrogen and oxygen atoms in total. The Morgan fingerprint density at radius 3 is 2.87 bits per heavy atom. The molecule has 0 atom stereocenters. The van der Waals surface area contributed by atoms with Crippen LogP contribution in [0.2, 0.25) is 0 Å². The van der Waals surface area contributed by atoms with Gasteiger partial charge in [-0.25, -0.2) is 0 Å². The van der Waals surface area contributed by atoms with Crippen LogP contribution in [0, 0.1) is 19.8 Å². The van der Waals surface area contributed by atoms with E-state index >= 15 is 0 Å². The number of hydrogen-bond donors (Lipinski definition) is 0. The minimum Gasteiger partial charge on any atom is -0.387 e. The summed E-state index contributed by atoms with van der Waals surface area (Å²) in [5.74, 6) is 0.613. The lowest BCUT2D eigenvalue weighted by atomic mass is 10.1. The molecule has 0 saturated heterocycles. The fourth-order valence-corrected chi connectivity index (χ4v) is 3.02. The van der Waals surface area contributed by atoms with Gasteiger partial charge < -0.3 is 9.40 Å². The molecule has 0 aliphatic rings. The summed E-state index contributed by atoms with van der Waals surface area (Å²) in [6.45, 7) is 9.37. The van der Waals surface area contributed by atoms with Crippen LogP contribution in [0.4, 0.5) is 0 Å². The van der Waals surface area contributed by atoms with Gasteiger partial charge in [-0.15, -0.1) is 11.3 Å². The van der Waals surface area contributed by atoms with Gasteiger partial charge in [0.1, 0.15) is 0 Å². The molecule has 23 heavy (non-hydrogen) atoms. The summed E-state index contributed by atoms with van der Waals surface area (Å²) in [5.41, 5.74) is 2.87. The summed E-state index contributed by atoms with van der Waals surface area (Å²) < 4.78 is 2.21. The molecule has 0 aliphatic heterocycles. The summed E-state index contributed by atoms with van der Waals surface area (Å²) in [6, 6.07) is 5.84. The van der Waals surface area contributed by atoms with E-state index in [1.165, 1.54) is 0 Å². The van der Waals surface area contributed by atoms with Crippen LogP contribution in [-0.4, -0.2) is 23.2 Å². The number of hydrogen-bond acceptors (Lipinski definition) is 4. The van der Waals surface area contributed by atoms with Crippen LogP contribution in [0.3, 0.4) is 0 Å². The standard InChI is InChI=1S/C18H24N2O2S/c1-13(2)7-8-20-14(3)10-17(15(20)4)18(21)12-22-19-11-16-6-5-9-23-16/h5-6,9-11,13H,7-8,12H2,1-4H3/b19-11+. The fourth-order valence-electron chi connectivity index (χ4n) is 2.44. The first kappa shape index (κ1) is 17.5. The Morgan fingerprint density at radius 1 is 1.43 bits per heavy atom. The molecular formula is C18H24N2O2S. The Kier molecular flexibility index (Phi) is 6.16. The van der Waals surface area contributed by atoms with Crippen molar-refractivity contribution < 1.29 is 9.63 Å². The van der Waals surface area contributed by atoms with E-state index in [1.54, 1.807) is 17.6 Å². The van der Waals surface area contributed by atoms with Crippen LogP contribution in [0.25, 0.3) is 0 Å². The topological polar surface area (TPSA) is 43.6 Å². The van der Waals surface area contributed by atoms with E-state index in [4.69, 9.17) is 4.84 Å². The normalized spacial score (nSPS) is 11.5. The Hall–Kier alpha value is -1.88. The Balaban J connectivity index is 1.95. The molecule has 0 amide bonds. The number of carbonyl (C=O) groups is 1. The van der Waals surface area contributed by atoms with Crippen molar-refractivity contribution in [3.63, 3.8) is 0 Å². The molecule has 0 spiro atoms. The van der Waals surface area contributed by atoms with Gasteiger partial charge in [0.05, 0.1) is 6.21 Å². The SMILES string of the molecule is Cc1cc(C(=O)CO/N=C/c2cccs2)c(C)n1CCC(C)C. The molecule has 2 heterocycles. The van der Waals surface area contributed by atoms with Crippen LogP contribution in [-0.2, 0) is 11.4 Å². The quantitative estimate of drug-likeness (QED) is 0.407. The molecule has 0 aliphatic carbocycles. The summed E-state index contributed by atoms with van der Waals surface area (Å²) in [7, 11) is 0. The van der Waals surface area contributed by atoms with Crippen molar-refractivity contribution in [3.05, 3.63) is 45.4 Å². The van der Waals surface area contributed by atoms with E-state index in [1.807, 2.05) is 37.4 Å². The average Bonchev–Trinajstić information content (AvgIpc) is 3.10. The summed E-state index contributed by atoms with van der Waals surface area (Å²) >= 11 is 1.58. The fraction of sp³-hybridized carbons (Fsp3) is 0.444. The first-order chi connectivity index (χ1) is 11.0. The van der Waals surface area contributed by atoms with E-state index in [9.17, 15) is 4.79 Å². The monoisotopic (exact) mass is 332 g/mol. The minimum atomic E-state index is -0.0314. The van der Waals surface area contributed by atoms with Gasteiger partial charge in [-0.1, -0.05) is 25.1 Å². The summed E-state index contributed by atoms with van der Waals surface area (Å²) in [6.07, 6.45) is 2.73. The molecule has 124 valence electrons. The molecule has 0 saturated carbocycles. The number of ketones is 1. The third-order valence-electron chi connectivity index (χ3n) is 3.80. The van der Waals surface area contributed by atoms with Crippen LogP contribution in [0.5, 0.6) is 0 Å². The van der Waals surface area contributed by atoms with E-state index in [2.05, 4.69) is 23.6 Å². The maximum absolute atomic E-state index is 12.3. The highest BCUT2D eigenvalue weighted by Gasteiger charge is 2.16. The van der Waals surface area contributed by atoms with Gasteiger partial charge in [-0.2, -0.15) is 0 Å². The van der Waals surface area contributed by atoms with Crippen molar-refractivity contribution in [2.45, 2.75) is 40.7 Å². The van der Waals surface area contributed by atoms with Gasteiger partial charge >= 0.3 is 0 Å². The molecule has 0 fully saturated rings. The summed E-state index contributed by atoms with van der Waals surface area (Å²) in [4.78, 5) is 18.5. The van der Waals surface area contributed by atoms with E-state index in [0.717, 1.165) is 34.8 Å². The second-order valence-corrected chi connectivity index (χ2v) is 7.04. The smallest absolute Gasteiger partial charge is 0.204 e. The lowest BCUT2D eigenvalue weighted by Crippen LogP contribution is -2.10. The Morgan fingerprint density at radius 2 is 2.22 bits per heavy atom. The molecule has 2 aromatic heterocycles. The average molecular weight is 332 g/mol. The summed E-state index contributed by atoms with van der Waals surface area (Å²) in [5, 5.41) is 5.83. The number of aromatic nitrogens is 1. The van der Waals surface area contributed by atoms with Gasteiger partial charge in [0.2, 0.25) is 5.78 Å². The zero-order chi connectivity index (χ0) is 16.8. The van der Waals surface area contributed by atoms with E-state index < -0.39 is 0 Å². The first-order valence-electron chi connectivity index (χ1n) is 7.87. The molecule has 0 aromatic carbocycles. The molecule has 5 heteroatoms. The molecule has 2 rings (SSSR count). The number of carbonyl (C=O) groups excluding carboxylic acids is 1. The Labute approximate surface area is 141 Å². The van der Waals surface area contributed by atoms with Crippen molar-refractivity contribution in [3.8, 4) is 0 Å². The van der Waals surface area contributed by atoms with Crippen molar-refractivity contribution in [1.29, 1.82) is 0 Å². The molecule has 0 bridgehead atoms.